The fourth-order valence-corrected chi connectivity index (χ4v) is 3.00. The maximum atomic E-state index is 5.87. The Morgan fingerprint density at radius 1 is 1.40 bits per heavy atom. The largest absolute Gasteiger partial charge is 0.371 e. The molecular formula is C12H14BrNO. The molecule has 1 heterocycles. The molecule has 0 bridgehead atoms. The van der Waals surface area contributed by atoms with Crippen molar-refractivity contribution in [1.82, 2.24) is 5.32 Å². The third-order valence-corrected chi connectivity index (χ3v) is 3.80. The van der Waals surface area contributed by atoms with E-state index in [0.29, 0.717) is 6.04 Å². The minimum atomic E-state index is 0.274. The van der Waals surface area contributed by atoms with Gasteiger partial charge < -0.3 is 10.1 Å². The van der Waals surface area contributed by atoms with Gasteiger partial charge in [0.15, 0.2) is 0 Å². The first-order valence-electron chi connectivity index (χ1n) is 5.48. The van der Waals surface area contributed by atoms with Gasteiger partial charge in [-0.3, -0.25) is 0 Å². The van der Waals surface area contributed by atoms with E-state index < -0.39 is 0 Å². The van der Waals surface area contributed by atoms with Crippen molar-refractivity contribution >= 4 is 15.9 Å². The van der Waals surface area contributed by atoms with E-state index in [1.54, 1.807) is 0 Å². The van der Waals surface area contributed by atoms with Crippen molar-refractivity contribution in [1.29, 1.82) is 0 Å². The third-order valence-electron chi connectivity index (χ3n) is 3.31. The summed E-state index contributed by atoms with van der Waals surface area (Å²) in [5.41, 5.74) is 2.82. The van der Waals surface area contributed by atoms with Crippen molar-refractivity contribution in [3.05, 3.63) is 33.8 Å². The van der Waals surface area contributed by atoms with Crippen molar-refractivity contribution in [2.24, 2.45) is 0 Å². The topological polar surface area (TPSA) is 21.3 Å². The molecule has 1 aromatic rings. The average molecular weight is 268 g/mol. The molecule has 1 aliphatic heterocycles. The van der Waals surface area contributed by atoms with E-state index in [2.05, 4.69) is 39.4 Å². The molecule has 15 heavy (non-hydrogen) atoms. The lowest BCUT2D eigenvalue weighted by molar-refractivity contribution is -0.0127. The highest BCUT2D eigenvalue weighted by atomic mass is 79.9. The van der Waals surface area contributed by atoms with Crippen molar-refractivity contribution in [2.45, 2.75) is 25.0 Å². The Bertz CT molecular complexity index is 380. The first-order chi connectivity index (χ1) is 7.34. The SMILES string of the molecule is Brc1ccc2c(c1)CCC1NCCOC21. The van der Waals surface area contributed by atoms with Gasteiger partial charge in [0.1, 0.15) is 0 Å². The van der Waals surface area contributed by atoms with E-state index in [9.17, 15) is 0 Å². The summed E-state index contributed by atoms with van der Waals surface area (Å²) < 4.78 is 7.04. The first-order valence-corrected chi connectivity index (χ1v) is 6.27. The number of rotatable bonds is 0. The highest BCUT2D eigenvalue weighted by molar-refractivity contribution is 9.10. The van der Waals surface area contributed by atoms with Crippen molar-refractivity contribution < 1.29 is 4.74 Å². The van der Waals surface area contributed by atoms with E-state index in [4.69, 9.17) is 4.74 Å². The van der Waals surface area contributed by atoms with E-state index in [1.807, 2.05) is 0 Å². The molecule has 3 heteroatoms. The Kier molecular flexibility index (Phi) is 2.54. The summed E-state index contributed by atoms with van der Waals surface area (Å²) in [4.78, 5) is 0. The summed E-state index contributed by atoms with van der Waals surface area (Å²) in [7, 11) is 0. The fraction of sp³-hybridized carbons (Fsp3) is 0.500. The van der Waals surface area contributed by atoms with Crippen molar-refractivity contribution in [3.63, 3.8) is 0 Å². The maximum absolute atomic E-state index is 5.87. The number of hydrogen-bond donors (Lipinski definition) is 1. The molecule has 1 aliphatic carbocycles. The molecule has 0 saturated carbocycles. The van der Waals surface area contributed by atoms with Crippen molar-refractivity contribution in [2.75, 3.05) is 13.2 Å². The molecule has 0 aromatic heterocycles. The molecule has 2 nitrogen and oxygen atoms in total. The van der Waals surface area contributed by atoms with Gasteiger partial charge in [-0.2, -0.15) is 0 Å². The second-order valence-corrected chi connectivity index (χ2v) is 5.15. The number of aryl methyl sites for hydroxylation is 1. The standard InChI is InChI=1S/C12H14BrNO/c13-9-2-3-10-8(7-9)1-4-11-12(10)15-6-5-14-11/h2-3,7,11-12,14H,1,4-6H2. The average Bonchev–Trinajstić information content (AvgIpc) is 2.28. The van der Waals surface area contributed by atoms with E-state index >= 15 is 0 Å². The second-order valence-electron chi connectivity index (χ2n) is 4.23. The molecule has 1 N–H and O–H groups in total. The highest BCUT2D eigenvalue weighted by Gasteiger charge is 2.32. The zero-order valence-corrected chi connectivity index (χ0v) is 10.1. The second kappa shape index (κ2) is 3.89. The monoisotopic (exact) mass is 267 g/mol. The Hall–Kier alpha value is -0.380. The molecule has 2 atom stereocenters. The molecule has 0 amide bonds. The number of nitrogens with one attached hydrogen (secondary N) is 1. The van der Waals surface area contributed by atoms with E-state index in [-0.39, 0.29) is 6.10 Å². The van der Waals surface area contributed by atoms with Crippen LogP contribution in [0.15, 0.2) is 22.7 Å². The number of hydrogen-bond acceptors (Lipinski definition) is 2. The fourth-order valence-electron chi connectivity index (χ4n) is 2.59. The number of morpholine rings is 1. The van der Waals surface area contributed by atoms with Crippen LogP contribution in [0.3, 0.4) is 0 Å². The number of fused-ring (bicyclic) bond motifs is 3. The number of halogens is 1. The predicted molar refractivity (Wildman–Crippen MR) is 62.9 cm³/mol. The van der Waals surface area contributed by atoms with Gasteiger partial charge in [0.25, 0.3) is 0 Å². The van der Waals surface area contributed by atoms with Crippen LogP contribution in [0.2, 0.25) is 0 Å². The third kappa shape index (κ3) is 1.73. The Labute approximate surface area is 98.1 Å². The lowest BCUT2D eigenvalue weighted by atomic mass is 9.85. The molecule has 80 valence electrons. The molecule has 1 aromatic carbocycles. The van der Waals surface area contributed by atoms with Crippen LogP contribution in [0.4, 0.5) is 0 Å². The van der Waals surface area contributed by atoms with Crippen LogP contribution in [0.5, 0.6) is 0 Å². The van der Waals surface area contributed by atoms with Gasteiger partial charge in [0.2, 0.25) is 0 Å². The lowest BCUT2D eigenvalue weighted by Crippen LogP contribution is -2.45. The number of benzene rings is 1. The summed E-state index contributed by atoms with van der Waals surface area (Å²) in [5.74, 6) is 0. The van der Waals surface area contributed by atoms with Crippen molar-refractivity contribution in [3.8, 4) is 0 Å². The van der Waals surface area contributed by atoms with Gasteiger partial charge in [-0.25, -0.2) is 0 Å². The minimum absolute atomic E-state index is 0.274. The van der Waals surface area contributed by atoms with Crippen LogP contribution in [-0.2, 0) is 11.2 Å². The summed E-state index contributed by atoms with van der Waals surface area (Å²) in [6.45, 7) is 1.82. The quantitative estimate of drug-likeness (QED) is 0.780. The molecule has 1 fully saturated rings. The van der Waals surface area contributed by atoms with Crippen LogP contribution in [0, 0.1) is 0 Å². The predicted octanol–water partition coefficient (Wildman–Crippen LogP) is 2.42. The van der Waals surface area contributed by atoms with Gasteiger partial charge in [0, 0.05) is 17.1 Å². The molecule has 1 saturated heterocycles. The Morgan fingerprint density at radius 2 is 2.33 bits per heavy atom. The van der Waals surface area contributed by atoms with Crippen LogP contribution in [0.1, 0.15) is 23.7 Å². The molecule has 3 rings (SSSR count). The minimum Gasteiger partial charge on any atom is -0.371 e. The molecule has 0 radical (unpaired) electrons. The smallest absolute Gasteiger partial charge is 0.0981 e. The molecule has 0 spiro atoms. The summed E-state index contributed by atoms with van der Waals surface area (Å²) in [6, 6.07) is 7.05. The first kappa shape index (κ1) is 9.82. The molecular weight excluding hydrogens is 254 g/mol. The van der Waals surface area contributed by atoms with Gasteiger partial charge >= 0.3 is 0 Å². The number of ether oxygens (including phenoxy) is 1. The lowest BCUT2D eigenvalue weighted by Gasteiger charge is -2.37. The van der Waals surface area contributed by atoms with Gasteiger partial charge in [-0.15, -0.1) is 0 Å². The summed E-state index contributed by atoms with van der Waals surface area (Å²) >= 11 is 3.52. The highest BCUT2D eigenvalue weighted by Crippen LogP contribution is 2.35. The van der Waals surface area contributed by atoms with E-state index in [0.717, 1.165) is 19.6 Å². The van der Waals surface area contributed by atoms with Crippen LogP contribution < -0.4 is 5.32 Å². The van der Waals surface area contributed by atoms with Gasteiger partial charge in [-0.1, -0.05) is 22.0 Å². The molecule has 2 unspecified atom stereocenters. The van der Waals surface area contributed by atoms with Crippen LogP contribution in [0.25, 0.3) is 0 Å². The Morgan fingerprint density at radius 3 is 3.27 bits per heavy atom. The Balaban J connectivity index is 1.99. The summed E-state index contributed by atoms with van der Waals surface area (Å²) in [6.07, 6.45) is 2.62. The van der Waals surface area contributed by atoms with Crippen LogP contribution in [-0.4, -0.2) is 19.2 Å². The normalized spacial score (nSPS) is 29.4. The zero-order chi connectivity index (χ0) is 10.3. The van der Waals surface area contributed by atoms with E-state index in [1.165, 1.54) is 22.0 Å². The molecule has 2 aliphatic rings. The maximum Gasteiger partial charge on any atom is 0.0981 e. The summed E-state index contributed by atoms with van der Waals surface area (Å²) in [5, 5.41) is 3.54. The zero-order valence-electron chi connectivity index (χ0n) is 8.50. The van der Waals surface area contributed by atoms with Gasteiger partial charge in [-0.05, 0) is 36.1 Å². The van der Waals surface area contributed by atoms with Crippen LogP contribution >= 0.6 is 15.9 Å². The van der Waals surface area contributed by atoms with Gasteiger partial charge in [0.05, 0.1) is 12.7 Å².